The van der Waals surface area contributed by atoms with Gasteiger partial charge in [0.2, 0.25) is 0 Å². The van der Waals surface area contributed by atoms with E-state index in [-0.39, 0.29) is 12.4 Å². The lowest BCUT2D eigenvalue weighted by molar-refractivity contribution is 0.303. The maximum absolute atomic E-state index is 13.3. The number of hydrogen-bond acceptors (Lipinski definition) is 3. The van der Waals surface area contributed by atoms with E-state index in [2.05, 4.69) is 20.9 Å². The van der Waals surface area contributed by atoms with Gasteiger partial charge in [0.1, 0.15) is 18.2 Å². The molecule has 0 unspecified atom stereocenters. The third-order valence-electron chi connectivity index (χ3n) is 2.62. The number of halogens is 2. The summed E-state index contributed by atoms with van der Waals surface area (Å²) in [5.41, 5.74) is 7.14. The molecule has 0 amide bonds. The van der Waals surface area contributed by atoms with Crippen LogP contribution in [0.25, 0.3) is 0 Å². The van der Waals surface area contributed by atoms with Crippen molar-refractivity contribution in [3.8, 4) is 5.75 Å². The van der Waals surface area contributed by atoms with Gasteiger partial charge in [-0.3, -0.25) is 4.98 Å². The molecule has 2 aromatic rings. The van der Waals surface area contributed by atoms with Crippen LogP contribution in [0.2, 0.25) is 0 Å². The average Bonchev–Trinajstić information content (AvgIpc) is 2.42. The summed E-state index contributed by atoms with van der Waals surface area (Å²) in [6, 6.07) is 8.58. The van der Waals surface area contributed by atoms with E-state index in [9.17, 15) is 4.39 Å². The average molecular weight is 325 g/mol. The van der Waals surface area contributed by atoms with Gasteiger partial charge in [-0.05, 0) is 40.7 Å². The standard InChI is InChI=1S/C14H14BrFN2O/c15-14-10(2-1-3-13(14)16)9-19-12-5-4-11(6-7-17)18-8-12/h1-5,8H,6-7,9,17H2. The Hall–Kier alpha value is -1.46. The molecule has 1 heterocycles. The zero-order valence-electron chi connectivity index (χ0n) is 10.3. The van der Waals surface area contributed by atoms with Gasteiger partial charge in [-0.15, -0.1) is 0 Å². The predicted octanol–water partition coefficient (Wildman–Crippen LogP) is 3.06. The largest absolute Gasteiger partial charge is 0.487 e. The Kier molecular flexibility index (Phi) is 4.87. The van der Waals surface area contributed by atoms with Crippen molar-refractivity contribution in [1.29, 1.82) is 0 Å². The summed E-state index contributed by atoms with van der Waals surface area (Å²) in [5, 5.41) is 0. The molecule has 0 saturated carbocycles. The molecule has 0 atom stereocenters. The molecule has 100 valence electrons. The summed E-state index contributed by atoms with van der Waals surface area (Å²) < 4.78 is 19.3. The van der Waals surface area contributed by atoms with E-state index in [1.807, 2.05) is 18.2 Å². The molecule has 1 aromatic heterocycles. The molecular formula is C14H14BrFN2O. The van der Waals surface area contributed by atoms with E-state index >= 15 is 0 Å². The van der Waals surface area contributed by atoms with Crippen LogP contribution in [0.3, 0.4) is 0 Å². The van der Waals surface area contributed by atoms with Crippen LogP contribution >= 0.6 is 15.9 Å². The fourth-order valence-electron chi connectivity index (χ4n) is 1.61. The Morgan fingerprint density at radius 2 is 2.11 bits per heavy atom. The van der Waals surface area contributed by atoms with Crippen molar-refractivity contribution in [3.63, 3.8) is 0 Å². The molecule has 0 fully saturated rings. The second-order valence-electron chi connectivity index (χ2n) is 4.03. The zero-order valence-corrected chi connectivity index (χ0v) is 11.9. The number of benzene rings is 1. The first kappa shape index (κ1) is 14.0. The van der Waals surface area contributed by atoms with E-state index in [1.54, 1.807) is 12.3 Å². The molecule has 0 aliphatic carbocycles. The van der Waals surface area contributed by atoms with Gasteiger partial charge in [0.05, 0.1) is 10.7 Å². The third-order valence-corrected chi connectivity index (χ3v) is 3.51. The second-order valence-corrected chi connectivity index (χ2v) is 4.82. The van der Waals surface area contributed by atoms with Gasteiger partial charge in [0.15, 0.2) is 0 Å². The highest BCUT2D eigenvalue weighted by molar-refractivity contribution is 9.10. The fourth-order valence-corrected chi connectivity index (χ4v) is 1.99. The van der Waals surface area contributed by atoms with Crippen molar-refractivity contribution >= 4 is 15.9 Å². The van der Waals surface area contributed by atoms with Crippen molar-refractivity contribution in [2.75, 3.05) is 6.54 Å². The lowest BCUT2D eigenvalue weighted by atomic mass is 10.2. The molecular weight excluding hydrogens is 311 g/mol. The second kappa shape index (κ2) is 6.63. The van der Waals surface area contributed by atoms with Crippen LogP contribution in [0.5, 0.6) is 5.75 Å². The molecule has 2 rings (SSSR count). The van der Waals surface area contributed by atoms with Gasteiger partial charge >= 0.3 is 0 Å². The van der Waals surface area contributed by atoms with Crippen LogP contribution in [0.4, 0.5) is 4.39 Å². The minimum atomic E-state index is -0.294. The Morgan fingerprint density at radius 1 is 1.26 bits per heavy atom. The first-order valence-electron chi connectivity index (χ1n) is 5.91. The van der Waals surface area contributed by atoms with Crippen LogP contribution in [-0.4, -0.2) is 11.5 Å². The Bertz CT molecular complexity index is 546. The molecule has 2 N–H and O–H groups in total. The molecule has 0 radical (unpaired) electrons. The fraction of sp³-hybridized carbons (Fsp3) is 0.214. The monoisotopic (exact) mass is 324 g/mol. The lowest BCUT2D eigenvalue weighted by Crippen LogP contribution is -2.04. The molecule has 0 spiro atoms. The first-order chi connectivity index (χ1) is 9.20. The molecule has 19 heavy (non-hydrogen) atoms. The van der Waals surface area contributed by atoms with Crippen LogP contribution < -0.4 is 10.5 Å². The molecule has 5 heteroatoms. The SMILES string of the molecule is NCCc1ccc(OCc2cccc(F)c2Br)cn1. The number of nitrogens with zero attached hydrogens (tertiary/aromatic N) is 1. The quantitative estimate of drug-likeness (QED) is 0.919. The Labute approximate surface area is 119 Å². The van der Waals surface area contributed by atoms with Crippen molar-refractivity contribution in [1.82, 2.24) is 4.98 Å². The van der Waals surface area contributed by atoms with E-state index < -0.39 is 0 Å². The molecule has 1 aromatic carbocycles. The predicted molar refractivity (Wildman–Crippen MR) is 75.4 cm³/mol. The highest BCUT2D eigenvalue weighted by Gasteiger charge is 2.05. The van der Waals surface area contributed by atoms with E-state index in [0.29, 0.717) is 16.8 Å². The lowest BCUT2D eigenvalue weighted by Gasteiger charge is -2.08. The topological polar surface area (TPSA) is 48.1 Å². The third kappa shape index (κ3) is 3.75. The zero-order chi connectivity index (χ0) is 13.7. The Balaban J connectivity index is 2.00. The molecule has 0 aliphatic rings. The van der Waals surface area contributed by atoms with Gasteiger partial charge < -0.3 is 10.5 Å². The summed E-state index contributed by atoms with van der Waals surface area (Å²) in [5.74, 6) is 0.356. The summed E-state index contributed by atoms with van der Waals surface area (Å²) in [6.45, 7) is 0.861. The van der Waals surface area contributed by atoms with Gasteiger partial charge in [0, 0.05) is 17.7 Å². The number of ether oxygens (including phenoxy) is 1. The summed E-state index contributed by atoms with van der Waals surface area (Å²) in [4.78, 5) is 4.23. The van der Waals surface area contributed by atoms with Crippen molar-refractivity contribution in [3.05, 3.63) is 58.1 Å². The van der Waals surface area contributed by atoms with Gasteiger partial charge in [-0.2, -0.15) is 0 Å². The van der Waals surface area contributed by atoms with Crippen molar-refractivity contribution in [2.24, 2.45) is 5.73 Å². The van der Waals surface area contributed by atoms with Crippen LogP contribution in [0.1, 0.15) is 11.3 Å². The van der Waals surface area contributed by atoms with Gasteiger partial charge in [0.25, 0.3) is 0 Å². The van der Waals surface area contributed by atoms with Crippen LogP contribution in [0, 0.1) is 5.82 Å². The van der Waals surface area contributed by atoms with Crippen molar-refractivity contribution < 1.29 is 9.13 Å². The normalized spacial score (nSPS) is 10.5. The number of hydrogen-bond donors (Lipinski definition) is 1. The summed E-state index contributed by atoms with van der Waals surface area (Å²) >= 11 is 3.20. The summed E-state index contributed by atoms with van der Waals surface area (Å²) in [6.07, 6.45) is 2.40. The highest BCUT2D eigenvalue weighted by atomic mass is 79.9. The van der Waals surface area contributed by atoms with E-state index in [1.165, 1.54) is 6.07 Å². The molecule has 0 aliphatic heterocycles. The smallest absolute Gasteiger partial charge is 0.138 e. The molecule has 3 nitrogen and oxygen atoms in total. The number of aromatic nitrogens is 1. The van der Waals surface area contributed by atoms with E-state index in [0.717, 1.165) is 17.7 Å². The maximum atomic E-state index is 13.3. The van der Waals surface area contributed by atoms with Crippen LogP contribution in [0.15, 0.2) is 41.0 Å². The minimum Gasteiger partial charge on any atom is -0.487 e. The number of pyridine rings is 1. The number of nitrogens with two attached hydrogens (primary N) is 1. The summed E-state index contributed by atoms with van der Waals surface area (Å²) in [7, 11) is 0. The van der Waals surface area contributed by atoms with Gasteiger partial charge in [-0.25, -0.2) is 4.39 Å². The maximum Gasteiger partial charge on any atom is 0.138 e. The van der Waals surface area contributed by atoms with Crippen molar-refractivity contribution in [2.45, 2.75) is 13.0 Å². The van der Waals surface area contributed by atoms with Crippen LogP contribution in [-0.2, 0) is 13.0 Å². The molecule has 0 bridgehead atoms. The minimum absolute atomic E-state index is 0.288. The Morgan fingerprint density at radius 3 is 2.79 bits per heavy atom. The first-order valence-corrected chi connectivity index (χ1v) is 6.70. The van der Waals surface area contributed by atoms with Gasteiger partial charge in [-0.1, -0.05) is 12.1 Å². The highest BCUT2D eigenvalue weighted by Crippen LogP contribution is 2.22. The number of rotatable bonds is 5. The van der Waals surface area contributed by atoms with E-state index in [4.69, 9.17) is 10.5 Å². The molecule has 0 saturated heterocycles.